The summed E-state index contributed by atoms with van der Waals surface area (Å²) in [5, 5.41) is 10.7. The molecule has 5 heterocycles. The van der Waals surface area contributed by atoms with E-state index < -0.39 is 12.0 Å². The van der Waals surface area contributed by atoms with Gasteiger partial charge in [-0.1, -0.05) is 0 Å². The number of pyridine rings is 1. The maximum Gasteiger partial charge on any atom is 0.247 e. The molecular formula is C23H26FN9O2. The van der Waals surface area contributed by atoms with Crippen LogP contribution in [0.1, 0.15) is 26.3 Å². The van der Waals surface area contributed by atoms with Crippen molar-refractivity contribution < 1.29 is 13.9 Å². The molecule has 1 fully saturated rings. The molecule has 5 rings (SSSR count). The summed E-state index contributed by atoms with van der Waals surface area (Å²) in [6, 6.07) is 6.12. The van der Waals surface area contributed by atoms with Crippen LogP contribution in [0.25, 0.3) is 5.52 Å². The third kappa shape index (κ3) is 4.64. The normalized spacial score (nSPS) is 17.9. The van der Waals surface area contributed by atoms with Crippen LogP contribution in [0, 0.1) is 5.95 Å². The van der Waals surface area contributed by atoms with E-state index in [1.54, 1.807) is 18.0 Å². The molecule has 1 aliphatic heterocycles. The molecule has 0 unspecified atom stereocenters. The average molecular weight is 480 g/mol. The maximum atomic E-state index is 13.2. The summed E-state index contributed by atoms with van der Waals surface area (Å²) in [6.45, 7) is 4.59. The van der Waals surface area contributed by atoms with Gasteiger partial charge in [-0.2, -0.15) is 9.37 Å². The number of fused-ring (bicyclic) bond motifs is 1. The Labute approximate surface area is 201 Å². The van der Waals surface area contributed by atoms with Gasteiger partial charge in [-0.05, 0) is 38.1 Å². The van der Waals surface area contributed by atoms with Crippen LogP contribution in [-0.2, 0) is 9.53 Å². The predicted molar refractivity (Wildman–Crippen MR) is 128 cm³/mol. The Morgan fingerprint density at radius 1 is 1.26 bits per heavy atom. The minimum Gasteiger partial charge on any atom is -0.380 e. The molecule has 11 nitrogen and oxygen atoms in total. The van der Waals surface area contributed by atoms with Crippen LogP contribution in [0.5, 0.6) is 0 Å². The van der Waals surface area contributed by atoms with Crippen molar-refractivity contribution >= 4 is 34.7 Å². The fourth-order valence-corrected chi connectivity index (χ4v) is 4.05. The monoisotopic (exact) mass is 479 g/mol. The molecule has 1 saturated heterocycles. The fourth-order valence-electron chi connectivity index (χ4n) is 4.05. The first-order valence-corrected chi connectivity index (χ1v) is 11.3. The van der Waals surface area contributed by atoms with E-state index in [-0.39, 0.29) is 18.1 Å². The molecule has 0 aromatic carbocycles. The van der Waals surface area contributed by atoms with Gasteiger partial charge in [-0.3, -0.25) is 4.79 Å². The van der Waals surface area contributed by atoms with Crippen molar-refractivity contribution in [2.45, 2.75) is 38.5 Å². The van der Waals surface area contributed by atoms with Crippen molar-refractivity contribution in [1.82, 2.24) is 29.1 Å². The highest BCUT2D eigenvalue weighted by molar-refractivity contribution is 5.97. The summed E-state index contributed by atoms with van der Waals surface area (Å²) >= 11 is 0. The summed E-state index contributed by atoms with van der Waals surface area (Å²) < 4.78 is 22.4. The molecular weight excluding hydrogens is 453 g/mol. The van der Waals surface area contributed by atoms with E-state index in [9.17, 15) is 9.18 Å². The van der Waals surface area contributed by atoms with Crippen molar-refractivity contribution in [3.8, 4) is 0 Å². The highest BCUT2D eigenvalue weighted by Crippen LogP contribution is 2.28. The lowest BCUT2D eigenvalue weighted by molar-refractivity contribution is -0.117. The molecule has 4 aromatic heterocycles. The van der Waals surface area contributed by atoms with Crippen molar-refractivity contribution in [2.24, 2.45) is 0 Å². The van der Waals surface area contributed by atoms with E-state index in [0.717, 1.165) is 5.52 Å². The van der Waals surface area contributed by atoms with Crippen molar-refractivity contribution in [3.05, 3.63) is 55.1 Å². The number of nitrogens with zero attached hydrogens (tertiary/aromatic N) is 7. The summed E-state index contributed by atoms with van der Waals surface area (Å²) in [5.74, 6) is 0.699. The number of halogens is 1. The van der Waals surface area contributed by atoms with Gasteiger partial charge in [-0.15, -0.1) is 5.10 Å². The molecule has 0 saturated carbocycles. The Hall–Kier alpha value is -4.06. The second-order valence-corrected chi connectivity index (χ2v) is 8.64. The van der Waals surface area contributed by atoms with Gasteiger partial charge in [0.2, 0.25) is 17.8 Å². The summed E-state index contributed by atoms with van der Waals surface area (Å²) in [4.78, 5) is 27.8. The number of ether oxygens (including phenoxy) is 1. The molecule has 1 amide bonds. The zero-order chi connectivity index (χ0) is 24.5. The van der Waals surface area contributed by atoms with Crippen LogP contribution < -0.4 is 15.5 Å². The van der Waals surface area contributed by atoms with Crippen LogP contribution in [0.2, 0.25) is 0 Å². The third-order valence-electron chi connectivity index (χ3n) is 5.97. The number of aromatic nitrogens is 6. The molecule has 0 spiro atoms. The Morgan fingerprint density at radius 3 is 2.83 bits per heavy atom. The van der Waals surface area contributed by atoms with Gasteiger partial charge in [0.15, 0.2) is 5.82 Å². The maximum absolute atomic E-state index is 13.2. The van der Waals surface area contributed by atoms with E-state index in [1.807, 2.05) is 34.0 Å². The third-order valence-corrected chi connectivity index (χ3v) is 5.97. The molecule has 182 valence electrons. The van der Waals surface area contributed by atoms with E-state index in [4.69, 9.17) is 9.72 Å². The Balaban J connectivity index is 1.45. The molecule has 1 aliphatic rings. The van der Waals surface area contributed by atoms with Crippen molar-refractivity contribution in [1.29, 1.82) is 0 Å². The quantitative estimate of drug-likeness (QED) is 0.389. The van der Waals surface area contributed by atoms with Crippen molar-refractivity contribution in [3.63, 3.8) is 0 Å². The van der Waals surface area contributed by atoms with Gasteiger partial charge in [0.25, 0.3) is 0 Å². The van der Waals surface area contributed by atoms with E-state index >= 15 is 0 Å². The minimum absolute atomic E-state index is 0.181. The zero-order valence-corrected chi connectivity index (χ0v) is 19.6. The van der Waals surface area contributed by atoms with Gasteiger partial charge >= 0.3 is 0 Å². The number of nitrogens with one attached hydrogen (secondary N) is 2. The first kappa shape index (κ1) is 22.7. The van der Waals surface area contributed by atoms with E-state index in [1.165, 1.54) is 18.3 Å². The van der Waals surface area contributed by atoms with Crippen LogP contribution in [0.15, 0.2) is 49.2 Å². The van der Waals surface area contributed by atoms with E-state index in [0.29, 0.717) is 36.2 Å². The van der Waals surface area contributed by atoms with Crippen molar-refractivity contribution in [2.75, 3.05) is 29.2 Å². The van der Waals surface area contributed by atoms with Crippen LogP contribution in [0.4, 0.5) is 27.7 Å². The predicted octanol–water partition coefficient (Wildman–Crippen LogP) is 3.02. The van der Waals surface area contributed by atoms with E-state index in [2.05, 4.69) is 39.5 Å². The molecule has 0 radical (unpaired) electrons. The molecule has 0 aliphatic carbocycles. The van der Waals surface area contributed by atoms with Crippen LogP contribution in [-0.4, -0.2) is 60.8 Å². The van der Waals surface area contributed by atoms with Gasteiger partial charge in [0, 0.05) is 38.5 Å². The van der Waals surface area contributed by atoms with Crippen LogP contribution >= 0.6 is 0 Å². The van der Waals surface area contributed by atoms with Crippen LogP contribution in [0.3, 0.4) is 0 Å². The van der Waals surface area contributed by atoms with Gasteiger partial charge in [-0.25, -0.2) is 14.5 Å². The highest BCUT2D eigenvalue weighted by Gasteiger charge is 2.39. The number of hydrogen-bond acceptors (Lipinski definition) is 8. The summed E-state index contributed by atoms with van der Waals surface area (Å²) in [5.41, 5.74) is 1.18. The largest absolute Gasteiger partial charge is 0.380 e. The standard InChI is InChI=1S/C23H26FN9O2/c1-14(2)31-12-20(26-13-31)28-21-17-5-4-8-33(17)30-23(29-21)32-11-16(35-3)9-18(32)22(34)27-15-6-7-19(24)25-10-15/h4-8,10,12-14,16,18H,9,11H2,1-3H3,(H,27,34)(H,28,29,30)/t16-,18+/m1/s1. The van der Waals surface area contributed by atoms with Gasteiger partial charge in [0.05, 0.1) is 24.3 Å². The smallest absolute Gasteiger partial charge is 0.247 e. The number of anilines is 4. The number of rotatable bonds is 7. The molecule has 4 aromatic rings. The Kier molecular flexibility index (Phi) is 6.03. The lowest BCUT2D eigenvalue weighted by atomic mass is 10.2. The molecule has 0 bridgehead atoms. The highest BCUT2D eigenvalue weighted by atomic mass is 19.1. The fraction of sp³-hybridized carbons (Fsp3) is 0.348. The lowest BCUT2D eigenvalue weighted by Crippen LogP contribution is -2.41. The van der Waals surface area contributed by atoms with Gasteiger partial charge < -0.3 is 24.8 Å². The SMILES string of the molecule is CO[C@@H]1C[C@@H](C(=O)Nc2ccc(F)nc2)N(c2nc(Nc3cn(C(C)C)cn3)c3cccn3n2)C1. The zero-order valence-electron chi connectivity index (χ0n) is 19.6. The molecule has 35 heavy (non-hydrogen) atoms. The topological polar surface area (TPSA) is 114 Å². The number of hydrogen-bond donors (Lipinski definition) is 2. The minimum atomic E-state index is -0.614. The number of imidazole rings is 1. The first-order valence-electron chi connectivity index (χ1n) is 11.3. The summed E-state index contributed by atoms with van der Waals surface area (Å²) in [7, 11) is 1.61. The second-order valence-electron chi connectivity index (χ2n) is 8.64. The Bertz CT molecular complexity index is 1330. The van der Waals surface area contributed by atoms with Gasteiger partial charge in [0.1, 0.15) is 17.4 Å². The number of carbonyl (C=O) groups excluding carboxylic acids is 1. The second kappa shape index (κ2) is 9.29. The number of carbonyl (C=O) groups is 1. The summed E-state index contributed by atoms with van der Waals surface area (Å²) in [6.07, 6.45) is 7.04. The molecule has 2 atom stereocenters. The number of methoxy groups -OCH3 is 1. The first-order chi connectivity index (χ1) is 16.9. The molecule has 12 heteroatoms. The molecule has 2 N–H and O–H groups in total. The lowest BCUT2D eigenvalue weighted by Gasteiger charge is -2.24. The Morgan fingerprint density at radius 2 is 2.11 bits per heavy atom. The number of amides is 1. The average Bonchev–Trinajstić information content (AvgIpc) is 3.59.